The molecule has 1 aromatic heterocycles. The van der Waals surface area contributed by atoms with Crippen molar-refractivity contribution in [3.63, 3.8) is 0 Å². The van der Waals surface area contributed by atoms with Crippen LogP contribution in [0.15, 0.2) is 53.0 Å². The van der Waals surface area contributed by atoms with E-state index in [1.54, 1.807) is 0 Å². The van der Waals surface area contributed by atoms with Crippen LogP contribution in [-0.4, -0.2) is 16.7 Å². The van der Waals surface area contributed by atoms with E-state index in [0.717, 1.165) is 48.7 Å². The molecule has 0 fully saturated rings. The zero-order chi connectivity index (χ0) is 24.8. The number of H-pyrrole nitrogens is 1. The fourth-order valence-corrected chi connectivity index (χ4v) is 4.63. The van der Waals surface area contributed by atoms with Gasteiger partial charge in [-0.2, -0.15) is 0 Å². The smallest absolute Gasteiger partial charge is 0.426 e. The van der Waals surface area contributed by atoms with Gasteiger partial charge < -0.3 is 9.72 Å². The fraction of sp³-hybridized carbons (Fsp3) is 0.296. The number of fused-ring (bicyclic) bond motifs is 2. The van der Waals surface area contributed by atoms with Crippen LogP contribution in [0.4, 0.5) is 10.5 Å². The molecule has 34 heavy (non-hydrogen) atoms. The van der Waals surface area contributed by atoms with E-state index in [2.05, 4.69) is 64.7 Å². The van der Waals surface area contributed by atoms with Crippen molar-refractivity contribution in [3.8, 4) is 11.1 Å². The number of anilines is 1. The third kappa shape index (κ3) is 5.03. The molecule has 3 aromatic carbocycles. The number of amides is 1. The minimum absolute atomic E-state index is 0.172. The third-order valence-electron chi connectivity index (χ3n) is 5.44. The summed E-state index contributed by atoms with van der Waals surface area (Å²) in [4.78, 5) is 16.0. The van der Waals surface area contributed by atoms with Crippen LogP contribution in [0.3, 0.4) is 0 Å². The number of ether oxygens (including phenoxy) is 1. The Morgan fingerprint density at radius 3 is 2.35 bits per heavy atom. The van der Waals surface area contributed by atoms with Gasteiger partial charge in [-0.3, -0.25) is 5.43 Å². The molecule has 1 heterocycles. The maximum absolute atomic E-state index is 12.4. The SMILES string of the molecule is CC(C)(C)OC(=O)NNc1ccc2cc(Br)ccc2c1-c1c(C(C)(C)C)[nH]c2ccc(Cl)cc12. The summed E-state index contributed by atoms with van der Waals surface area (Å²) in [5, 5.41) is 3.81. The van der Waals surface area contributed by atoms with Crippen LogP contribution >= 0.6 is 27.5 Å². The summed E-state index contributed by atoms with van der Waals surface area (Å²) < 4.78 is 6.41. The zero-order valence-corrected chi connectivity index (χ0v) is 22.5. The lowest BCUT2D eigenvalue weighted by Gasteiger charge is -2.23. The van der Waals surface area contributed by atoms with Gasteiger partial charge in [-0.05, 0) is 67.9 Å². The first-order valence-corrected chi connectivity index (χ1v) is 12.3. The van der Waals surface area contributed by atoms with Crippen LogP contribution in [0.2, 0.25) is 5.02 Å². The molecule has 0 bridgehead atoms. The first kappa shape index (κ1) is 24.4. The maximum atomic E-state index is 12.4. The highest BCUT2D eigenvalue weighted by atomic mass is 79.9. The Kier molecular flexibility index (Phi) is 6.34. The molecule has 0 spiro atoms. The number of aromatic amines is 1. The molecule has 4 rings (SSSR count). The Bertz CT molecular complexity index is 1400. The predicted octanol–water partition coefficient (Wildman–Crippen LogP) is 8.55. The van der Waals surface area contributed by atoms with Gasteiger partial charge in [-0.15, -0.1) is 0 Å². The quantitative estimate of drug-likeness (QED) is 0.227. The average Bonchev–Trinajstić information content (AvgIpc) is 3.09. The van der Waals surface area contributed by atoms with Crippen molar-refractivity contribution in [1.29, 1.82) is 0 Å². The summed E-state index contributed by atoms with van der Waals surface area (Å²) in [7, 11) is 0. The van der Waals surface area contributed by atoms with Gasteiger partial charge in [-0.1, -0.05) is 60.4 Å². The fourth-order valence-electron chi connectivity index (χ4n) is 4.08. The number of carbonyl (C=O) groups is 1. The van der Waals surface area contributed by atoms with Crippen molar-refractivity contribution in [3.05, 3.63) is 63.7 Å². The summed E-state index contributed by atoms with van der Waals surface area (Å²) in [6.07, 6.45) is -0.549. The number of benzene rings is 3. The van der Waals surface area contributed by atoms with Gasteiger partial charge in [0.2, 0.25) is 0 Å². The van der Waals surface area contributed by atoms with E-state index >= 15 is 0 Å². The van der Waals surface area contributed by atoms with Gasteiger partial charge in [-0.25, -0.2) is 10.2 Å². The molecule has 0 aliphatic carbocycles. The highest BCUT2D eigenvalue weighted by molar-refractivity contribution is 9.10. The normalized spacial score (nSPS) is 12.2. The summed E-state index contributed by atoms with van der Waals surface area (Å²) in [5.74, 6) is 0. The van der Waals surface area contributed by atoms with Gasteiger partial charge in [0.15, 0.2) is 0 Å². The van der Waals surface area contributed by atoms with Crippen LogP contribution in [-0.2, 0) is 10.2 Å². The summed E-state index contributed by atoms with van der Waals surface area (Å²) in [6, 6.07) is 16.1. The average molecular weight is 543 g/mol. The second-order valence-electron chi connectivity index (χ2n) is 10.4. The molecule has 178 valence electrons. The van der Waals surface area contributed by atoms with Crippen LogP contribution in [0.25, 0.3) is 32.8 Å². The number of rotatable bonds is 3. The minimum Gasteiger partial charge on any atom is -0.443 e. The monoisotopic (exact) mass is 541 g/mol. The Morgan fingerprint density at radius 1 is 0.941 bits per heavy atom. The molecule has 0 unspecified atom stereocenters. The molecule has 4 aromatic rings. The Balaban J connectivity index is 1.97. The van der Waals surface area contributed by atoms with Crippen LogP contribution in [0.1, 0.15) is 47.2 Å². The summed E-state index contributed by atoms with van der Waals surface area (Å²) in [5.41, 5.74) is 9.89. The molecular formula is C27H29BrClN3O2. The molecular weight excluding hydrogens is 514 g/mol. The van der Waals surface area contributed by atoms with E-state index in [1.165, 1.54) is 0 Å². The Morgan fingerprint density at radius 2 is 1.68 bits per heavy atom. The Labute approximate surface area is 213 Å². The third-order valence-corrected chi connectivity index (χ3v) is 6.17. The molecule has 0 saturated carbocycles. The van der Waals surface area contributed by atoms with E-state index < -0.39 is 11.7 Å². The summed E-state index contributed by atoms with van der Waals surface area (Å²) in [6.45, 7) is 12.0. The molecule has 3 N–H and O–H groups in total. The highest BCUT2D eigenvalue weighted by Crippen LogP contribution is 2.45. The van der Waals surface area contributed by atoms with Crippen LogP contribution in [0, 0.1) is 0 Å². The molecule has 1 amide bonds. The van der Waals surface area contributed by atoms with Crippen molar-refractivity contribution < 1.29 is 9.53 Å². The van der Waals surface area contributed by atoms with E-state index in [1.807, 2.05) is 57.2 Å². The van der Waals surface area contributed by atoms with Gasteiger partial charge in [0.05, 0.1) is 5.69 Å². The van der Waals surface area contributed by atoms with Gasteiger partial charge in [0.25, 0.3) is 0 Å². The van der Waals surface area contributed by atoms with E-state index in [9.17, 15) is 4.79 Å². The number of halogens is 2. The molecule has 0 saturated heterocycles. The molecule has 0 aliphatic heterocycles. The maximum Gasteiger partial charge on any atom is 0.426 e. The lowest BCUT2D eigenvalue weighted by atomic mass is 9.84. The number of hydrogen-bond donors (Lipinski definition) is 3. The minimum atomic E-state index is -0.600. The van der Waals surface area contributed by atoms with Crippen molar-refractivity contribution in [2.24, 2.45) is 0 Å². The molecule has 0 radical (unpaired) electrons. The van der Waals surface area contributed by atoms with E-state index in [4.69, 9.17) is 16.3 Å². The largest absolute Gasteiger partial charge is 0.443 e. The highest BCUT2D eigenvalue weighted by Gasteiger charge is 2.27. The molecule has 0 aliphatic rings. The van der Waals surface area contributed by atoms with Gasteiger partial charge >= 0.3 is 6.09 Å². The summed E-state index contributed by atoms with van der Waals surface area (Å²) >= 11 is 10.0. The number of nitrogens with one attached hydrogen (secondary N) is 3. The lowest BCUT2D eigenvalue weighted by molar-refractivity contribution is 0.0541. The van der Waals surface area contributed by atoms with Crippen molar-refractivity contribution in [1.82, 2.24) is 10.4 Å². The van der Waals surface area contributed by atoms with Gasteiger partial charge in [0.1, 0.15) is 5.60 Å². The second-order valence-corrected chi connectivity index (χ2v) is 11.8. The number of hydrazine groups is 1. The van der Waals surface area contributed by atoms with Crippen LogP contribution < -0.4 is 10.9 Å². The standard InChI is InChI=1S/C27H29BrClN3O2/c1-26(2,3)24-23(19-14-17(29)9-12-20(19)30-24)22-18-10-8-16(28)13-15(18)7-11-21(22)31-32-25(33)34-27(4,5)6/h7-14,30-31H,1-6H3,(H,32,33). The van der Waals surface area contributed by atoms with Crippen molar-refractivity contribution in [2.75, 3.05) is 5.43 Å². The predicted molar refractivity (Wildman–Crippen MR) is 146 cm³/mol. The molecule has 0 atom stereocenters. The Hall–Kier alpha value is -2.70. The van der Waals surface area contributed by atoms with Crippen molar-refractivity contribution >= 4 is 61.0 Å². The zero-order valence-electron chi connectivity index (χ0n) is 20.2. The van der Waals surface area contributed by atoms with Crippen molar-refractivity contribution in [2.45, 2.75) is 52.6 Å². The second kappa shape index (κ2) is 8.82. The number of aromatic nitrogens is 1. The van der Waals surface area contributed by atoms with E-state index in [-0.39, 0.29) is 5.41 Å². The first-order chi connectivity index (χ1) is 15.8. The first-order valence-electron chi connectivity index (χ1n) is 11.1. The van der Waals surface area contributed by atoms with E-state index in [0.29, 0.717) is 5.02 Å². The topological polar surface area (TPSA) is 66.2 Å². The van der Waals surface area contributed by atoms with Crippen LogP contribution in [0.5, 0.6) is 0 Å². The number of hydrogen-bond acceptors (Lipinski definition) is 3. The molecule has 5 nitrogen and oxygen atoms in total. The molecule has 7 heteroatoms. The number of carbonyl (C=O) groups excluding carboxylic acids is 1. The van der Waals surface area contributed by atoms with Gasteiger partial charge in [0, 0.05) is 42.6 Å². The lowest BCUT2D eigenvalue weighted by Crippen LogP contribution is -2.36.